The number of benzene rings is 2. The largest absolute Gasteiger partial charge is 0.388 e. The number of carbonyl (C=O) groups is 1. The van der Waals surface area contributed by atoms with E-state index in [1.54, 1.807) is 23.2 Å². The average Bonchev–Trinajstić information content (AvgIpc) is 3.28. The van der Waals surface area contributed by atoms with Gasteiger partial charge in [0.05, 0.1) is 22.3 Å². The Bertz CT molecular complexity index is 1010. The highest BCUT2D eigenvalue weighted by Crippen LogP contribution is 2.34. The first kappa shape index (κ1) is 19.4. The summed E-state index contributed by atoms with van der Waals surface area (Å²) in [5, 5.41) is 7.80. The molecule has 1 amide bonds. The van der Waals surface area contributed by atoms with Crippen LogP contribution in [0.2, 0.25) is 5.02 Å². The van der Waals surface area contributed by atoms with E-state index in [0.717, 1.165) is 5.70 Å². The first-order valence-electron chi connectivity index (χ1n) is 9.12. The van der Waals surface area contributed by atoms with Crippen molar-refractivity contribution in [1.82, 2.24) is 16.1 Å². The number of rotatable bonds is 4. The summed E-state index contributed by atoms with van der Waals surface area (Å²) in [6, 6.07) is 10.1. The molecule has 1 fully saturated rings. The quantitative estimate of drug-likeness (QED) is 0.713. The molecule has 0 bridgehead atoms. The Morgan fingerprint density at radius 2 is 2.00 bits per heavy atom. The van der Waals surface area contributed by atoms with Gasteiger partial charge in [-0.15, -0.1) is 0 Å². The van der Waals surface area contributed by atoms with Crippen LogP contribution in [0.4, 0.5) is 14.5 Å². The number of carbonyl (C=O) groups excluding carboxylic acids is 1. The van der Waals surface area contributed by atoms with E-state index >= 15 is 0 Å². The number of halogens is 3. The minimum Gasteiger partial charge on any atom is -0.388 e. The van der Waals surface area contributed by atoms with Gasteiger partial charge in [0.15, 0.2) is 0 Å². The molecule has 29 heavy (non-hydrogen) atoms. The lowest BCUT2D eigenvalue weighted by Crippen LogP contribution is -2.48. The van der Waals surface area contributed by atoms with Crippen molar-refractivity contribution in [3.8, 4) is 0 Å². The molecule has 0 aliphatic carbocycles. The van der Waals surface area contributed by atoms with Crippen molar-refractivity contribution in [2.24, 2.45) is 5.92 Å². The highest BCUT2D eigenvalue weighted by molar-refractivity contribution is 6.33. The fraction of sp³-hybridized carbons (Fsp3) is 0.190. The molecule has 0 saturated carbocycles. The van der Waals surface area contributed by atoms with Crippen LogP contribution in [0.15, 0.2) is 60.8 Å². The highest BCUT2D eigenvalue weighted by Gasteiger charge is 2.31. The molecule has 0 aromatic heterocycles. The van der Waals surface area contributed by atoms with Crippen LogP contribution < -0.4 is 21.1 Å². The highest BCUT2D eigenvalue weighted by atomic mass is 35.5. The van der Waals surface area contributed by atoms with Crippen LogP contribution in [0.5, 0.6) is 0 Å². The summed E-state index contributed by atoms with van der Waals surface area (Å²) in [7, 11) is 0. The summed E-state index contributed by atoms with van der Waals surface area (Å²) in [5.41, 5.74) is 5.64. The third-order valence-corrected chi connectivity index (χ3v) is 5.17. The van der Waals surface area contributed by atoms with Crippen molar-refractivity contribution in [1.29, 1.82) is 0 Å². The van der Waals surface area contributed by atoms with Gasteiger partial charge in [0.2, 0.25) is 5.91 Å². The normalized spacial score (nSPS) is 21.1. The minimum atomic E-state index is -0.546. The Hall–Kier alpha value is -2.90. The van der Waals surface area contributed by atoms with Crippen molar-refractivity contribution in [2.45, 2.75) is 12.6 Å². The molecule has 0 radical (unpaired) electrons. The zero-order valence-corrected chi connectivity index (χ0v) is 16.1. The van der Waals surface area contributed by atoms with Crippen molar-refractivity contribution in [2.75, 3.05) is 11.6 Å². The Labute approximate surface area is 172 Å². The number of amides is 1. The lowest BCUT2D eigenvalue weighted by molar-refractivity contribution is -0.124. The zero-order valence-electron chi connectivity index (χ0n) is 15.4. The second-order valence-electron chi connectivity index (χ2n) is 6.99. The number of anilines is 1. The maximum Gasteiger partial charge on any atom is 0.226 e. The van der Waals surface area contributed by atoms with Gasteiger partial charge in [0.1, 0.15) is 17.8 Å². The molecule has 3 N–H and O–H groups in total. The van der Waals surface area contributed by atoms with E-state index in [1.807, 2.05) is 0 Å². The summed E-state index contributed by atoms with van der Waals surface area (Å²) in [6.45, 7) is 4.37. The van der Waals surface area contributed by atoms with Crippen LogP contribution in [0.25, 0.3) is 5.70 Å². The second-order valence-corrected chi connectivity index (χ2v) is 7.40. The number of nitrogens with zero attached hydrogens (tertiary/aromatic N) is 1. The molecule has 4 rings (SSSR count). The van der Waals surface area contributed by atoms with Gasteiger partial charge in [-0.3, -0.25) is 9.80 Å². The number of nitrogens with one attached hydrogen (secondary N) is 3. The first-order valence-corrected chi connectivity index (χ1v) is 9.49. The molecule has 150 valence electrons. The standard InChI is InChI=1S/C21H19ClF2N4O/c1-12-7-14(11-25-12)21(29)26-20-10-19(13-3-2-4-15(23)8-13)28(27-20)18-6-5-16(24)9-17(18)22/h2-6,8-10,14,20,25,27H,1,7,11H2,(H,26,29)/t14-,20?/m1/s1. The second kappa shape index (κ2) is 7.85. The lowest BCUT2D eigenvalue weighted by Gasteiger charge is -2.25. The van der Waals surface area contributed by atoms with Crippen molar-refractivity contribution < 1.29 is 13.6 Å². The lowest BCUT2D eigenvalue weighted by atomic mass is 10.1. The molecule has 1 saturated heterocycles. The fourth-order valence-corrected chi connectivity index (χ4v) is 3.70. The van der Waals surface area contributed by atoms with Crippen LogP contribution in [-0.2, 0) is 4.79 Å². The van der Waals surface area contributed by atoms with Gasteiger partial charge in [-0.25, -0.2) is 14.2 Å². The van der Waals surface area contributed by atoms with Crippen LogP contribution >= 0.6 is 11.6 Å². The van der Waals surface area contributed by atoms with E-state index in [1.165, 1.54) is 30.3 Å². The predicted molar refractivity (Wildman–Crippen MR) is 109 cm³/mol. The van der Waals surface area contributed by atoms with E-state index in [-0.39, 0.29) is 16.8 Å². The van der Waals surface area contributed by atoms with Gasteiger partial charge in [-0.2, -0.15) is 0 Å². The molecular formula is C21H19ClF2N4O. The summed E-state index contributed by atoms with van der Waals surface area (Å²) < 4.78 is 27.3. The molecule has 8 heteroatoms. The SMILES string of the molecule is C=C1C[C@@H](C(=O)NC2C=C(c3cccc(F)c3)N(c3ccc(F)cc3Cl)N2)CN1. The average molecular weight is 417 g/mol. The minimum absolute atomic E-state index is 0.129. The van der Waals surface area contributed by atoms with E-state index in [2.05, 4.69) is 22.6 Å². The predicted octanol–water partition coefficient (Wildman–Crippen LogP) is 3.55. The van der Waals surface area contributed by atoms with Crippen LogP contribution in [-0.4, -0.2) is 18.6 Å². The molecule has 0 spiro atoms. The fourth-order valence-electron chi connectivity index (χ4n) is 3.45. The van der Waals surface area contributed by atoms with Gasteiger partial charge in [0, 0.05) is 17.8 Å². The van der Waals surface area contributed by atoms with Gasteiger partial charge in [0.25, 0.3) is 0 Å². The summed E-state index contributed by atoms with van der Waals surface area (Å²) in [4.78, 5) is 12.6. The summed E-state index contributed by atoms with van der Waals surface area (Å²) in [5.74, 6) is -1.20. The van der Waals surface area contributed by atoms with Gasteiger partial charge in [-0.1, -0.05) is 30.3 Å². The Morgan fingerprint density at radius 1 is 1.21 bits per heavy atom. The van der Waals surface area contributed by atoms with E-state index in [9.17, 15) is 13.6 Å². The number of allylic oxidation sites excluding steroid dienone is 1. The van der Waals surface area contributed by atoms with Crippen molar-refractivity contribution >= 4 is 28.9 Å². The number of hydrogen-bond acceptors (Lipinski definition) is 4. The van der Waals surface area contributed by atoms with Gasteiger partial charge >= 0.3 is 0 Å². The van der Waals surface area contributed by atoms with E-state index in [4.69, 9.17) is 11.6 Å². The zero-order chi connectivity index (χ0) is 20.5. The molecule has 5 nitrogen and oxygen atoms in total. The number of hydrogen-bond donors (Lipinski definition) is 3. The third-order valence-electron chi connectivity index (χ3n) is 4.86. The molecule has 2 aromatic rings. The number of hydrazine groups is 1. The molecule has 2 atom stereocenters. The van der Waals surface area contributed by atoms with Crippen molar-refractivity contribution in [3.63, 3.8) is 0 Å². The Morgan fingerprint density at radius 3 is 2.69 bits per heavy atom. The molecule has 2 aliphatic rings. The smallest absolute Gasteiger partial charge is 0.226 e. The molecule has 2 heterocycles. The van der Waals surface area contributed by atoms with Crippen molar-refractivity contribution in [3.05, 3.63) is 83.0 Å². The Kier molecular flexibility index (Phi) is 5.25. The maximum absolute atomic E-state index is 13.8. The monoisotopic (exact) mass is 416 g/mol. The molecule has 2 aliphatic heterocycles. The van der Waals surface area contributed by atoms with Gasteiger partial charge < -0.3 is 10.6 Å². The van der Waals surface area contributed by atoms with Crippen LogP contribution in [0.3, 0.4) is 0 Å². The molecule has 1 unspecified atom stereocenters. The first-order chi connectivity index (χ1) is 13.9. The molecule has 2 aromatic carbocycles. The van der Waals surface area contributed by atoms with Crippen LogP contribution in [0.1, 0.15) is 12.0 Å². The molecular weight excluding hydrogens is 398 g/mol. The summed E-state index contributed by atoms with van der Waals surface area (Å²) in [6.07, 6.45) is 1.80. The van der Waals surface area contributed by atoms with Crippen LogP contribution in [0, 0.1) is 17.6 Å². The summed E-state index contributed by atoms with van der Waals surface area (Å²) >= 11 is 6.24. The third kappa shape index (κ3) is 4.11. The maximum atomic E-state index is 13.8. The Balaban J connectivity index is 1.63. The van der Waals surface area contributed by atoms with Gasteiger partial charge in [-0.05, 0) is 42.8 Å². The van der Waals surface area contributed by atoms with E-state index < -0.39 is 17.8 Å². The topological polar surface area (TPSA) is 56.4 Å². The van der Waals surface area contributed by atoms with E-state index in [0.29, 0.717) is 29.9 Å².